The van der Waals surface area contributed by atoms with Crippen LogP contribution in [-0.4, -0.2) is 21.1 Å². The lowest BCUT2D eigenvalue weighted by atomic mass is 10.2. The van der Waals surface area contributed by atoms with Crippen LogP contribution in [-0.2, 0) is 13.0 Å². The van der Waals surface area contributed by atoms with Crippen molar-refractivity contribution in [1.29, 1.82) is 0 Å². The molecule has 0 amide bonds. The maximum atomic E-state index is 5.80. The highest BCUT2D eigenvalue weighted by molar-refractivity contribution is 7.80. The Morgan fingerprint density at radius 3 is 2.95 bits per heavy atom. The van der Waals surface area contributed by atoms with Gasteiger partial charge in [-0.15, -0.1) is 0 Å². The quantitative estimate of drug-likeness (QED) is 0.602. The number of nitrogens with two attached hydrogens (primary N) is 1. The summed E-state index contributed by atoms with van der Waals surface area (Å²) < 4.78 is 7.98. The van der Waals surface area contributed by atoms with Crippen molar-refractivity contribution in [3.05, 3.63) is 48.0 Å². The Balaban J connectivity index is 1.85. The number of ether oxygens (including phenoxy) is 1. The van der Waals surface area contributed by atoms with E-state index in [9.17, 15) is 0 Å². The van der Waals surface area contributed by atoms with Gasteiger partial charge in [0.15, 0.2) is 0 Å². The number of hydrogen-bond donors (Lipinski definition) is 1. The number of aryl methyl sites for hydroxylation is 2. The number of para-hydroxylation sites is 1. The van der Waals surface area contributed by atoms with Gasteiger partial charge in [-0.2, -0.15) is 0 Å². The molecule has 2 aromatic rings. The van der Waals surface area contributed by atoms with Gasteiger partial charge in [0.25, 0.3) is 0 Å². The van der Waals surface area contributed by atoms with Gasteiger partial charge in [0.2, 0.25) is 0 Å². The van der Waals surface area contributed by atoms with Crippen LogP contribution in [0.1, 0.15) is 31.2 Å². The van der Waals surface area contributed by atoms with Crippen LogP contribution in [0.15, 0.2) is 36.7 Å². The first-order valence-corrected chi connectivity index (χ1v) is 7.65. The lowest BCUT2D eigenvalue weighted by molar-refractivity contribution is 0.300. The highest BCUT2D eigenvalue weighted by atomic mass is 32.1. The van der Waals surface area contributed by atoms with Gasteiger partial charge in [0.05, 0.1) is 12.2 Å². The van der Waals surface area contributed by atoms with Crippen LogP contribution in [0.2, 0.25) is 0 Å². The van der Waals surface area contributed by atoms with E-state index >= 15 is 0 Å². The van der Waals surface area contributed by atoms with Crippen LogP contribution >= 0.6 is 12.2 Å². The Morgan fingerprint density at radius 2 is 2.19 bits per heavy atom. The number of benzene rings is 1. The number of imidazole rings is 1. The molecule has 0 saturated heterocycles. The lowest BCUT2D eigenvalue weighted by Crippen LogP contribution is -2.13. The van der Waals surface area contributed by atoms with Gasteiger partial charge in [-0.1, -0.05) is 31.3 Å². The van der Waals surface area contributed by atoms with Gasteiger partial charge in [-0.05, 0) is 25.0 Å². The minimum absolute atomic E-state index is 0.366. The molecule has 0 unspecified atom stereocenters. The van der Waals surface area contributed by atoms with Crippen LogP contribution in [0.4, 0.5) is 0 Å². The van der Waals surface area contributed by atoms with Gasteiger partial charge in [-0.3, -0.25) is 0 Å². The SMILES string of the molecule is CCCc1nccn1CCCOc1ccccc1C(N)=S. The molecule has 0 atom stereocenters. The second-order valence-corrected chi connectivity index (χ2v) is 5.29. The van der Waals surface area contributed by atoms with Crippen LogP contribution in [0, 0.1) is 0 Å². The van der Waals surface area contributed by atoms with Crippen molar-refractivity contribution < 1.29 is 4.74 Å². The fourth-order valence-corrected chi connectivity index (χ4v) is 2.38. The van der Waals surface area contributed by atoms with Gasteiger partial charge < -0.3 is 15.0 Å². The molecule has 4 nitrogen and oxygen atoms in total. The highest BCUT2D eigenvalue weighted by Crippen LogP contribution is 2.18. The van der Waals surface area contributed by atoms with E-state index in [0.29, 0.717) is 11.6 Å². The van der Waals surface area contributed by atoms with E-state index in [-0.39, 0.29) is 0 Å². The van der Waals surface area contributed by atoms with E-state index in [1.54, 1.807) is 0 Å². The Hall–Kier alpha value is -1.88. The van der Waals surface area contributed by atoms with E-state index in [1.165, 1.54) is 0 Å². The highest BCUT2D eigenvalue weighted by Gasteiger charge is 2.05. The molecule has 2 rings (SSSR count). The van der Waals surface area contributed by atoms with Crippen molar-refractivity contribution >= 4 is 17.2 Å². The third-order valence-corrected chi connectivity index (χ3v) is 3.45. The zero-order chi connectivity index (χ0) is 15.1. The predicted molar refractivity (Wildman–Crippen MR) is 88.7 cm³/mol. The van der Waals surface area contributed by atoms with E-state index in [0.717, 1.165) is 42.9 Å². The normalized spacial score (nSPS) is 10.5. The molecule has 0 aliphatic heterocycles. The van der Waals surface area contributed by atoms with Crippen LogP contribution in [0.25, 0.3) is 0 Å². The Morgan fingerprint density at radius 1 is 1.38 bits per heavy atom. The minimum atomic E-state index is 0.366. The zero-order valence-electron chi connectivity index (χ0n) is 12.3. The Kier molecular flexibility index (Phi) is 5.75. The summed E-state index contributed by atoms with van der Waals surface area (Å²) in [7, 11) is 0. The van der Waals surface area contributed by atoms with Gasteiger partial charge in [0, 0.05) is 25.4 Å². The van der Waals surface area contributed by atoms with E-state index in [1.807, 2.05) is 36.7 Å². The second kappa shape index (κ2) is 7.78. The fourth-order valence-electron chi connectivity index (χ4n) is 2.21. The van der Waals surface area contributed by atoms with Gasteiger partial charge in [0.1, 0.15) is 16.6 Å². The van der Waals surface area contributed by atoms with Crippen molar-refractivity contribution in [3.8, 4) is 5.75 Å². The van der Waals surface area contributed by atoms with Gasteiger partial charge in [-0.25, -0.2) is 4.98 Å². The fraction of sp³-hybridized carbons (Fsp3) is 0.375. The molecule has 5 heteroatoms. The molecule has 1 aromatic carbocycles. The molecular weight excluding hydrogens is 282 g/mol. The molecule has 21 heavy (non-hydrogen) atoms. The van der Waals surface area contributed by atoms with Crippen molar-refractivity contribution in [2.45, 2.75) is 32.7 Å². The largest absolute Gasteiger partial charge is 0.493 e. The molecule has 0 radical (unpaired) electrons. The van der Waals surface area contributed by atoms with Crippen LogP contribution < -0.4 is 10.5 Å². The third-order valence-electron chi connectivity index (χ3n) is 3.23. The summed E-state index contributed by atoms with van der Waals surface area (Å²) in [5.41, 5.74) is 6.48. The first kappa shape index (κ1) is 15.5. The number of thiocarbonyl (C=S) groups is 1. The maximum absolute atomic E-state index is 5.80. The topological polar surface area (TPSA) is 53.1 Å². The molecule has 0 aliphatic carbocycles. The number of nitrogens with zero attached hydrogens (tertiary/aromatic N) is 2. The van der Waals surface area contributed by atoms with Crippen molar-refractivity contribution in [3.63, 3.8) is 0 Å². The van der Waals surface area contributed by atoms with Crippen molar-refractivity contribution in [2.24, 2.45) is 5.73 Å². The minimum Gasteiger partial charge on any atom is -0.493 e. The van der Waals surface area contributed by atoms with Crippen molar-refractivity contribution in [2.75, 3.05) is 6.61 Å². The number of hydrogen-bond acceptors (Lipinski definition) is 3. The summed E-state index contributed by atoms with van der Waals surface area (Å²) in [5.74, 6) is 1.89. The average Bonchev–Trinajstić information content (AvgIpc) is 2.92. The molecule has 2 N–H and O–H groups in total. The molecular formula is C16H21N3OS. The van der Waals surface area contributed by atoms with Crippen LogP contribution in [0.5, 0.6) is 5.75 Å². The summed E-state index contributed by atoms with van der Waals surface area (Å²) in [4.78, 5) is 4.73. The van der Waals surface area contributed by atoms with Gasteiger partial charge >= 0.3 is 0 Å². The summed E-state index contributed by atoms with van der Waals surface area (Å²) in [6.45, 7) is 3.70. The molecule has 0 spiro atoms. The smallest absolute Gasteiger partial charge is 0.129 e. The lowest BCUT2D eigenvalue weighted by Gasteiger charge is -2.11. The predicted octanol–water partition coefficient (Wildman–Crippen LogP) is 2.94. The Labute approximate surface area is 130 Å². The van der Waals surface area contributed by atoms with Crippen molar-refractivity contribution in [1.82, 2.24) is 9.55 Å². The summed E-state index contributed by atoms with van der Waals surface area (Å²) in [6.07, 6.45) is 6.91. The molecule has 1 heterocycles. The summed E-state index contributed by atoms with van der Waals surface area (Å²) >= 11 is 5.02. The van der Waals surface area contributed by atoms with E-state index in [2.05, 4.69) is 16.5 Å². The van der Waals surface area contributed by atoms with Crippen LogP contribution in [0.3, 0.4) is 0 Å². The maximum Gasteiger partial charge on any atom is 0.129 e. The number of aromatic nitrogens is 2. The first-order chi connectivity index (χ1) is 10.2. The first-order valence-electron chi connectivity index (χ1n) is 7.24. The number of rotatable bonds is 8. The third kappa shape index (κ3) is 4.29. The standard InChI is InChI=1S/C16H21N3OS/c1-2-6-15-18-9-11-19(15)10-5-12-20-14-8-4-3-7-13(14)16(17)21/h3-4,7-9,11H,2,5-6,10,12H2,1H3,(H2,17,21). The molecule has 0 saturated carbocycles. The average molecular weight is 303 g/mol. The second-order valence-electron chi connectivity index (χ2n) is 4.85. The molecule has 1 aromatic heterocycles. The zero-order valence-corrected chi connectivity index (χ0v) is 13.1. The molecule has 0 fully saturated rings. The molecule has 0 bridgehead atoms. The summed E-state index contributed by atoms with van der Waals surface area (Å²) in [5, 5.41) is 0. The molecule has 112 valence electrons. The van der Waals surface area contributed by atoms with E-state index in [4.69, 9.17) is 22.7 Å². The summed E-state index contributed by atoms with van der Waals surface area (Å²) in [6, 6.07) is 7.61. The monoisotopic (exact) mass is 303 g/mol. The molecule has 0 aliphatic rings. The van der Waals surface area contributed by atoms with E-state index < -0.39 is 0 Å². The Bertz CT molecular complexity index is 595.